The van der Waals surface area contributed by atoms with Crippen molar-refractivity contribution < 1.29 is 55.2 Å². The molecule has 11 nitrogen and oxygen atoms in total. The number of carboxylic acids is 3. The van der Waals surface area contributed by atoms with Crippen LogP contribution in [0.5, 0.6) is 11.5 Å². The minimum absolute atomic E-state index is 0.156. The van der Waals surface area contributed by atoms with Gasteiger partial charge in [-0.15, -0.1) is 0 Å². The van der Waals surface area contributed by atoms with Crippen molar-refractivity contribution in [2.75, 3.05) is 19.8 Å². The van der Waals surface area contributed by atoms with Crippen LogP contribution in [-0.2, 0) is 14.4 Å². The average Bonchev–Trinajstić information content (AvgIpc) is 2.79. The van der Waals surface area contributed by atoms with Gasteiger partial charge in [0.15, 0.2) is 0 Å². The van der Waals surface area contributed by atoms with Gasteiger partial charge in [-0.3, -0.25) is 0 Å². The molecule has 0 saturated heterocycles. The summed E-state index contributed by atoms with van der Waals surface area (Å²) in [4.78, 5) is 28.8. The lowest BCUT2D eigenvalue weighted by molar-refractivity contribution is -0.133. The Morgan fingerprint density at radius 2 is 0.829 bits per heavy atom. The number of carboxylic acid groups (broad SMARTS) is 3. The maximum atomic E-state index is 9.60. The highest BCUT2D eigenvalue weighted by atomic mass is 16.4. The van der Waals surface area contributed by atoms with Gasteiger partial charge in [-0.1, -0.05) is 26.7 Å². The molecule has 0 spiro atoms. The van der Waals surface area contributed by atoms with Crippen molar-refractivity contribution in [1.82, 2.24) is 0 Å². The van der Waals surface area contributed by atoms with Gasteiger partial charge in [0.25, 0.3) is 0 Å². The number of aromatic hydroxyl groups is 2. The van der Waals surface area contributed by atoms with Gasteiger partial charge in [0.05, 0.1) is 19.8 Å². The van der Waals surface area contributed by atoms with E-state index in [1.807, 2.05) is 6.92 Å². The highest BCUT2D eigenvalue weighted by Gasteiger charge is 2.24. The van der Waals surface area contributed by atoms with Crippen molar-refractivity contribution in [2.24, 2.45) is 5.41 Å². The van der Waals surface area contributed by atoms with Gasteiger partial charge < -0.3 is 40.9 Å². The molecule has 0 aliphatic heterocycles. The molecule has 11 heteroatoms. The van der Waals surface area contributed by atoms with Gasteiger partial charge in [-0.2, -0.15) is 0 Å². The van der Waals surface area contributed by atoms with Crippen molar-refractivity contribution in [3.63, 3.8) is 0 Å². The lowest BCUT2D eigenvalue weighted by Crippen LogP contribution is -2.32. The van der Waals surface area contributed by atoms with Crippen LogP contribution in [-0.4, -0.2) is 78.6 Å². The van der Waals surface area contributed by atoms with E-state index < -0.39 is 23.3 Å². The van der Waals surface area contributed by atoms with Crippen LogP contribution in [0.2, 0.25) is 0 Å². The van der Waals surface area contributed by atoms with Crippen molar-refractivity contribution in [3.8, 4) is 11.5 Å². The lowest BCUT2D eigenvalue weighted by Gasteiger charge is -2.24. The SMILES string of the molecule is C=C(C)C(=O)O.C=C(C)C(=O)O.C=C(C)C(=O)O.CCC(CO)(CO)CO.Oc1ccc(O)cc1. The van der Waals surface area contributed by atoms with Crippen LogP contribution in [0.3, 0.4) is 0 Å². The van der Waals surface area contributed by atoms with E-state index in [4.69, 9.17) is 40.9 Å². The Balaban J connectivity index is -0.000000174. The fourth-order valence-corrected chi connectivity index (χ4v) is 0.938. The molecule has 0 saturated carbocycles. The van der Waals surface area contributed by atoms with E-state index in [9.17, 15) is 14.4 Å². The van der Waals surface area contributed by atoms with Crippen LogP contribution in [0, 0.1) is 5.41 Å². The zero-order valence-corrected chi connectivity index (χ0v) is 20.6. The first-order valence-electron chi connectivity index (χ1n) is 9.93. The Hall–Kier alpha value is -3.67. The predicted octanol–water partition coefficient (Wildman–Crippen LogP) is 2.40. The number of benzene rings is 1. The van der Waals surface area contributed by atoms with E-state index in [1.54, 1.807) is 0 Å². The molecular formula is C24H38O11. The quantitative estimate of drug-likeness (QED) is 0.200. The van der Waals surface area contributed by atoms with E-state index in [-0.39, 0.29) is 48.0 Å². The summed E-state index contributed by atoms with van der Waals surface area (Å²) in [5.74, 6) is -2.47. The van der Waals surface area contributed by atoms with Gasteiger partial charge in [-0.25, -0.2) is 14.4 Å². The molecule has 0 aliphatic rings. The number of carbonyl (C=O) groups is 3. The van der Waals surface area contributed by atoms with Crippen LogP contribution in [0.4, 0.5) is 0 Å². The zero-order valence-electron chi connectivity index (χ0n) is 20.6. The summed E-state index contributed by atoms with van der Waals surface area (Å²) in [6, 6.07) is 5.70. The fraction of sp³-hybridized carbons (Fsp3) is 0.375. The third-order valence-electron chi connectivity index (χ3n) is 3.70. The molecule has 8 N–H and O–H groups in total. The minimum Gasteiger partial charge on any atom is -0.508 e. The van der Waals surface area contributed by atoms with Crippen molar-refractivity contribution in [1.29, 1.82) is 0 Å². The summed E-state index contributed by atoms with van der Waals surface area (Å²) >= 11 is 0. The van der Waals surface area contributed by atoms with E-state index in [2.05, 4.69) is 19.7 Å². The number of hydrogen-bond acceptors (Lipinski definition) is 8. The highest BCUT2D eigenvalue weighted by Crippen LogP contribution is 2.18. The maximum absolute atomic E-state index is 9.60. The second-order valence-electron chi connectivity index (χ2n) is 7.10. The fourth-order valence-electron chi connectivity index (χ4n) is 0.938. The van der Waals surface area contributed by atoms with E-state index in [1.165, 1.54) is 45.0 Å². The molecule has 0 radical (unpaired) electrons. The summed E-state index contributed by atoms with van der Waals surface area (Å²) < 4.78 is 0. The number of phenols is 2. The maximum Gasteiger partial charge on any atom is 0.330 e. The molecule has 0 atom stereocenters. The Morgan fingerprint density at radius 3 is 0.886 bits per heavy atom. The number of aliphatic hydroxyl groups is 3. The Labute approximate surface area is 205 Å². The summed E-state index contributed by atoms with van der Waals surface area (Å²) in [6.07, 6.45) is 0.594. The normalized spacial score (nSPS) is 9.00. The monoisotopic (exact) mass is 502 g/mol. The molecule has 1 aromatic carbocycles. The molecule has 0 bridgehead atoms. The third kappa shape index (κ3) is 26.5. The molecule has 1 aromatic rings. The first-order chi connectivity index (χ1) is 16.0. The molecule has 0 aliphatic carbocycles. The van der Waals surface area contributed by atoms with Crippen LogP contribution in [0.25, 0.3) is 0 Å². The van der Waals surface area contributed by atoms with Crippen LogP contribution >= 0.6 is 0 Å². The third-order valence-corrected chi connectivity index (χ3v) is 3.70. The number of phenolic OH excluding ortho intramolecular Hbond substituents is 2. The van der Waals surface area contributed by atoms with Crippen LogP contribution in [0.1, 0.15) is 34.1 Å². The summed E-state index contributed by atoms with van der Waals surface area (Å²) in [5, 5.41) is 66.9. The van der Waals surface area contributed by atoms with E-state index >= 15 is 0 Å². The summed E-state index contributed by atoms with van der Waals surface area (Å²) in [6.45, 7) is 15.2. The van der Waals surface area contributed by atoms with Crippen molar-refractivity contribution >= 4 is 17.9 Å². The highest BCUT2D eigenvalue weighted by molar-refractivity contribution is 5.85. The second kappa shape index (κ2) is 22.1. The Bertz CT molecular complexity index is 661. The van der Waals surface area contributed by atoms with Gasteiger partial charge >= 0.3 is 17.9 Å². The van der Waals surface area contributed by atoms with E-state index in [0.717, 1.165) is 0 Å². The van der Waals surface area contributed by atoms with Gasteiger partial charge in [0, 0.05) is 22.1 Å². The number of rotatable bonds is 7. The molecule has 0 fully saturated rings. The first kappa shape index (κ1) is 38.6. The number of hydrogen-bond donors (Lipinski definition) is 8. The molecule has 0 unspecified atom stereocenters. The Morgan fingerprint density at radius 1 is 0.657 bits per heavy atom. The average molecular weight is 503 g/mol. The van der Waals surface area contributed by atoms with Crippen LogP contribution < -0.4 is 0 Å². The number of aliphatic carboxylic acids is 3. The predicted molar refractivity (Wildman–Crippen MR) is 131 cm³/mol. The number of aliphatic hydroxyl groups excluding tert-OH is 3. The van der Waals surface area contributed by atoms with Crippen molar-refractivity contribution in [3.05, 3.63) is 60.7 Å². The minimum atomic E-state index is -0.935. The first-order valence-corrected chi connectivity index (χ1v) is 9.93. The largest absolute Gasteiger partial charge is 0.508 e. The molecular weight excluding hydrogens is 464 g/mol. The molecule has 0 amide bonds. The molecule has 0 heterocycles. The molecule has 0 aromatic heterocycles. The smallest absolute Gasteiger partial charge is 0.330 e. The van der Waals surface area contributed by atoms with Gasteiger partial charge in [0.1, 0.15) is 11.5 Å². The molecule has 35 heavy (non-hydrogen) atoms. The van der Waals surface area contributed by atoms with Gasteiger partial charge in [0.2, 0.25) is 0 Å². The lowest BCUT2D eigenvalue weighted by atomic mass is 9.88. The van der Waals surface area contributed by atoms with Crippen LogP contribution in [0.15, 0.2) is 60.7 Å². The standard InChI is InChI=1S/C6H14O3.C6H6O2.3C4H6O2/c1-2-6(3-7,4-8)5-9;7-5-1-2-6(8)4-3-5;3*1-3(2)4(5)6/h7-9H,2-5H2,1H3;1-4,7-8H;3*1H2,2H3,(H,5,6). The molecule has 1 rings (SSSR count). The van der Waals surface area contributed by atoms with E-state index in [0.29, 0.717) is 6.42 Å². The Kier molecular flexibility index (Phi) is 24.4. The topological polar surface area (TPSA) is 213 Å². The summed E-state index contributed by atoms with van der Waals surface area (Å²) in [7, 11) is 0. The van der Waals surface area contributed by atoms with Gasteiger partial charge in [-0.05, 0) is 51.5 Å². The molecule has 200 valence electrons. The zero-order chi connectivity index (χ0) is 28.8. The van der Waals surface area contributed by atoms with Crippen molar-refractivity contribution in [2.45, 2.75) is 34.1 Å². The summed E-state index contributed by atoms with van der Waals surface area (Å²) in [5.41, 5.74) is -0.139. The second-order valence-corrected chi connectivity index (χ2v) is 7.10.